The monoisotopic (exact) mass is 275 g/mol. The summed E-state index contributed by atoms with van der Waals surface area (Å²) in [6.45, 7) is 4.65. The molecular formula is C15H21N3O2. The van der Waals surface area contributed by atoms with Crippen LogP contribution < -0.4 is 11.1 Å². The number of anilines is 1. The molecule has 20 heavy (non-hydrogen) atoms. The number of benzene rings is 1. The van der Waals surface area contributed by atoms with E-state index < -0.39 is 5.54 Å². The van der Waals surface area contributed by atoms with Gasteiger partial charge in [-0.05, 0) is 38.0 Å². The predicted molar refractivity (Wildman–Crippen MR) is 78.0 cm³/mol. The number of aryl methyl sites for hydroxylation is 1. The van der Waals surface area contributed by atoms with Crippen molar-refractivity contribution in [1.82, 2.24) is 10.2 Å². The molecule has 5 heteroatoms. The van der Waals surface area contributed by atoms with Gasteiger partial charge in [-0.25, -0.2) is 0 Å². The van der Waals surface area contributed by atoms with E-state index in [4.69, 9.17) is 5.73 Å². The van der Waals surface area contributed by atoms with Crippen molar-refractivity contribution in [3.8, 4) is 0 Å². The van der Waals surface area contributed by atoms with Crippen LogP contribution in [0.3, 0.4) is 0 Å². The Hall–Kier alpha value is -2.04. The topological polar surface area (TPSA) is 75.4 Å². The fourth-order valence-electron chi connectivity index (χ4n) is 2.41. The van der Waals surface area contributed by atoms with Crippen molar-refractivity contribution in [2.45, 2.75) is 32.2 Å². The van der Waals surface area contributed by atoms with Gasteiger partial charge in [0.25, 0.3) is 0 Å². The zero-order valence-electron chi connectivity index (χ0n) is 12.0. The average Bonchev–Trinajstić information content (AvgIpc) is 2.41. The van der Waals surface area contributed by atoms with E-state index in [0.29, 0.717) is 31.6 Å². The number of rotatable bonds is 3. The molecule has 0 bridgehead atoms. The lowest BCUT2D eigenvalue weighted by atomic mass is 9.97. The SMILES string of the molecule is CC1(C)C(=O)NCCN1C(=O)CCc1ccc(N)cc1. The predicted octanol–water partition coefficient (Wildman–Crippen LogP) is 0.938. The molecule has 1 fully saturated rings. The van der Waals surface area contributed by atoms with Crippen LogP contribution in [0.2, 0.25) is 0 Å². The van der Waals surface area contributed by atoms with E-state index in [2.05, 4.69) is 5.32 Å². The van der Waals surface area contributed by atoms with E-state index >= 15 is 0 Å². The number of carbonyl (C=O) groups excluding carboxylic acids is 2. The van der Waals surface area contributed by atoms with Gasteiger partial charge in [0.1, 0.15) is 5.54 Å². The second-order valence-corrected chi connectivity index (χ2v) is 5.60. The molecule has 0 aliphatic carbocycles. The van der Waals surface area contributed by atoms with Crippen molar-refractivity contribution in [2.24, 2.45) is 0 Å². The van der Waals surface area contributed by atoms with Gasteiger partial charge >= 0.3 is 0 Å². The molecule has 0 saturated carbocycles. The Kier molecular flexibility index (Phi) is 3.97. The largest absolute Gasteiger partial charge is 0.399 e. The molecular weight excluding hydrogens is 254 g/mol. The number of nitrogen functional groups attached to an aromatic ring is 1. The van der Waals surface area contributed by atoms with Crippen molar-refractivity contribution in [2.75, 3.05) is 18.8 Å². The minimum absolute atomic E-state index is 0.0154. The van der Waals surface area contributed by atoms with Crippen LogP contribution in [0.4, 0.5) is 5.69 Å². The Morgan fingerprint density at radius 3 is 2.65 bits per heavy atom. The highest BCUT2D eigenvalue weighted by Crippen LogP contribution is 2.19. The first kappa shape index (κ1) is 14.4. The van der Waals surface area contributed by atoms with E-state index in [1.165, 1.54) is 0 Å². The summed E-state index contributed by atoms with van der Waals surface area (Å²) in [5, 5.41) is 2.79. The Labute approximate surface area is 119 Å². The first-order valence-corrected chi connectivity index (χ1v) is 6.84. The summed E-state index contributed by atoms with van der Waals surface area (Å²) < 4.78 is 0. The maximum Gasteiger partial charge on any atom is 0.245 e. The number of nitrogens with one attached hydrogen (secondary N) is 1. The molecule has 0 unspecified atom stereocenters. The van der Waals surface area contributed by atoms with Gasteiger partial charge in [-0.1, -0.05) is 12.1 Å². The van der Waals surface area contributed by atoms with E-state index in [9.17, 15) is 9.59 Å². The highest BCUT2D eigenvalue weighted by Gasteiger charge is 2.39. The lowest BCUT2D eigenvalue weighted by Crippen LogP contribution is -2.63. The maximum absolute atomic E-state index is 12.3. The molecule has 2 amide bonds. The quantitative estimate of drug-likeness (QED) is 0.806. The second-order valence-electron chi connectivity index (χ2n) is 5.60. The molecule has 1 aliphatic rings. The summed E-state index contributed by atoms with van der Waals surface area (Å²) in [6.07, 6.45) is 1.06. The summed E-state index contributed by atoms with van der Waals surface area (Å²) >= 11 is 0. The van der Waals surface area contributed by atoms with Crippen LogP contribution in [-0.4, -0.2) is 35.3 Å². The highest BCUT2D eigenvalue weighted by atomic mass is 16.2. The molecule has 1 aromatic carbocycles. The molecule has 5 nitrogen and oxygen atoms in total. The van der Waals surface area contributed by atoms with Crippen LogP contribution in [0.5, 0.6) is 0 Å². The third kappa shape index (κ3) is 2.92. The number of carbonyl (C=O) groups is 2. The number of piperazine rings is 1. The minimum Gasteiger partial charge on any atom is -0.399 e. The fraction of sp³-hybridized carbons (Fsp3) is 0.467. The van der Waals surface area contributed by atoms with Gasteiger partial charge in [-0.15, -0.1) is 0 Å². The Balaban J connectivity index is 1.97. The van der Waals surface area contributed by atoms with Crippen molar-refractivity contribution in [3.63, 3.8) is 0 Å². The number of nitrogens with zero attached hydrogens (tertiary/aromatic N) is 1. The molecule has 1 aromatic rings. The van der Waals surface area contributed by atoms with E-state index in [1.54, 1.807) is 18.7 Å². The van der Waals surface area contributed by atoms with Crippen molar-refractivity contribution < 1.29 is 9.59 Å². The molecule has 1 aliphatic heterocycles. The first-order chi connectivity index (χ1) is 9.41. The van der Waals surface area contributed by atoms with Crippen LogP contribution in [0, 0.1) is 0 Å². The number of hydrogen-bond acceptors (Lipinski definition) is 3. The van der Waals surface area contributed by atoms with Crippen molar-refractivity contribution in [3.05, 3.63) is 29.8 Å². The summed E-state index contributed by atoms with van der Waals surface area (Å²) in [7, 11) is 0. The lowest BCUT2D eigenvalue weighted by molar-refractivity contribution is -0.149. The minimum atomic E-state index is -0.767. The highest BCUT2D eigenvalue weighted by molar-refractivity contribution is 5.91. The van der Waals surface area contributed by atoms with E-state index in [-0.39, 0.29) is 11.8 Å². The molecule has 0 radical (unpaired) electrons. The first-order valence-electron chi connectivity index (χ1n) is 6.84. The van der Waals surface area contributed by atoms with E-state index in [0.717, 1.165) is 5.56 Å². The molecule has 0 spiro atoms. The third-order valence-electron chi connectivity index (χ3n) is 3.76. The van der Waals surface area contributed by atoms with Crippen LogP contribution in [0.25, 0.3) is 0 Å². The molecule has 108 valence electrons. The molecule has 3 N–H and O–H groups in total. The zero-order valence-corrected chi connectivity index (χ0v) is 12.0. The van der Waals surface area contributed by atoms with Crippen LogP contribution >= 0.6 is 0 Å². The smallest absolute Gasteiger partial charge is 0.245 e. The molecule has 1 heterocycles. The van der Waals surface area contributed by atoms with Gasteiger partial charge in [0.05, 0.1) is 0 Å². The van der Waals surface area contributed by atoms with Crippen LogP contribution in [-0.2, 0) is 16.0 Å². The summed E-state index contributed by atoms with van der Waals surface area (Å²) in [4.78, 5) is 25.8. The average molecular weight is 275 g/mol. The van der Waals surface area contributed by atoms with Gasteiger partial charge in [0.2, 0.25) is 11.8 Å². The molecule has 2 rings (SSSR count). The maximum atomic E-state index is 12.3. The molecule has 1 saturated heterocycles. The second kappa shape index (κ2) is 5.53. The lowest BCUT2D eigenvalue weighted by Gasteiger charge is -2.41. The summed E-state index contributed by atoms with van der Waals surface area (Å²) in [5.74, 6) is -0.0775. The zero-order chi connectivity index (χ0) is 14.8. The van der Waals surface area contributed by atoms with Crippen molar-refractivity contribution in [1.29, 1.82) is 0 Å². The van der Waals surface area contributed by atoms with Gasteiger partial charge in [0, 0.05) is 25.2 Å². The van der Waals surface area contributed by atoms with Gasteiger partial charge in [0.15, 0.2) is 0 Å². The van der Waals surface area contributed by atoms with Gasteiger partial charge in [-0.2, -0.15) is 0 Å². The third-order valence-corrected chi connectivity index (χ3v) is 3.76. The Bertz CT molecular complexity index is 508. The van der Waals surface area contributed by atoms with Gasteiger partial charge < -0.3 is 16.0 Å². The molecule has 0 atom stereocenters. The van der Waals surface area contributed by atoms with Crippen molar-refractivity contribution >= 4 is 17.5 Å². The number of nitrogens with two attached hydrogens (primary N) is 1. The number of amides is 2. The molecule has 0 aromatic heterocycles. The Morgan fingerprint density at radius 2 is 2.00 bits per heavy atom. The van der Waals surface area contributed by atoms with Crippen LogP contribution in [0.1, 0.15) is 25.8 Å². The van der Waals surface area contributed by atoms with E-state index in [1.807, 2.05) is 24.3 Å². The van der Waals surface area contributed by atoms with Crippen LogP contribution in [0.15, 0.2) is 24.3 Å². The Morgan fingerprint density at radius 1 is 1.35 bits per heavy atom. The summed E-state index contributed by atoms with van der Waals surface area (Å²) in [5.41, 5.74) is 6.66. The number of hydrogen-bond donors (Lipinski definition) is 2. The fourth-order valence-corrected chi connectivity index (χ4v) is 2.41. The standard InChI is InChI=1S/C15H21N3O2/c1-15(2)14(20)17-9-10-18(15)13(19)8-5-11-3-6-12(16)7-4-11/h3-4,6-7H,5,8-10,16H2,1-2H3,(H,17,20). The normalized spacial score (nSPS) is 17.7. The summed E-state index contributed by atoms with van der Waals surface area (Å²) in [6, 6.07) is 7.52. The van der Waals surface area contributed by atoms with Gasteiger partial charge in [-0.3, -0.25) is 9.59 Å².